The van der Waals surface area contributed by atoms with E-state index in [2.05, 4.69) is 37.3 Å². The molecule has 8 atom stereocenters. The molecule has 2 saturated heterocycles. The predicted octanol–water partition coefficient (Wildman–Crippen LogP) is 4.26. The quantitative estimate of drug-likeness (QED) is 0.649. The molecule has 1 aromatic rings. The second-order valence-corrected chi connectivity index (χ2v) is 11.2. The Morgan fingerprint density at radius 2 is 1.91 bits per heavy atom. The van der Waals surface area contributed by atoms with Crippen molar-refractivity contribution in [2.24, 2.45) is 29.1 Å². The Balaban J connectivity index is 1.30. The van der Waals surface area contributed by atoms with E-state index in [4.69, 9.17) is 18.9 Å². The normalized spacial score (nSPS) is 47.5. The highest BCUT2D eigenvalue weighted by Crippen LogP contribution is 2.71. The van der Waals surface area contributed by atoms with Crippen LogP contribution in [0.1, 0.15) is 50.5 Å². The fourth-order valence-electron chi connectivity index (χ4n) is 8.54. The summed E-state index contributed by atoms with van der Waals surface area (Å²) in [5.41, 5.74) is 0.936. The fraction of sp³-hybridized carbons (Fsp3) is 0.667. The van der Waals surface area contributed by atoms with E-state index in [0.717, 1.165) is 37.9 Å². The van der Waals surface area contributed by atoms with Gasteiger partial charge in [0.15, 0.2) is 11.6 Å². The number of ether oxygens (including phenoxy) is 4. The number of carbonyl (C=O) groups is 1. The lowest BCUT2D eigenvalue weighted by atomic mass is 9.46. The van der Waals surface area contributed by atoms with Gasteiger partial charge in [-0.15, -0.1) is 0 Å². The number of rotatable bonds is 2. The molecule has 0 aromatic heterocycles. The smallest absolute Gasteiger partial charge is 0.171 e. The summed E-state index contributed by atoms with van der Waals surface area (Å²) < 4.78 is 24.3. The van der Waals surface area contributed by atoms with Gasteiger partial charge in [0.25, 0.3) is 0 Å². The van der Waals surface area contributed by atoms with Crippen LogP contribution in [0.4, 0.5) is 0 Å². The molecule has 4 aliphatic carbocycles. The largest absolute Gasteiger partial charge is 0.497 e. The van der Waals surface area contributed by atoms with Crippen LogP contribution in [-0.2, 0) is 19.0 Å². The maximum atomic E-state index is 13.1. The number of hydrogen-bond acceptors (Lipinski definition) is 5. The minimum Gasteiger partial charge on any atom is -0.497 e. The fourth-order valence-corrected chi connectivity index (χ4v) is 8.54. The topological polar surface area (TPSA) is 57.3 Å². The molecule has 170 valence electrons. The first-order valence-electron chi connectivity index (χ1n) is 12.3. The number of allylic oxidation sites excluding steroid dienone is 2. The van der Waals surface area contributed by atoms with Crippen LogP contribution in [0, 0.1) is 29.1 Å². The summed E-state index contributed by atoms with van der Waals surface area (Å²) in [4.78, 5) is 13.1. The number of ketones is 1. The summed E-state index contributed by atoms with van der Waals surface area (Å²) in [6.45, 7) is 3.59. The first kappa shape index (κ1) is 19.7. The molecule has 5 heteroatoms. The number of carbonyl (C=O) groups excluding carboxylic acids is 1. The highest BCUT2D eigenvalue weighted by Gasteiger charge is 2.74. The van der Waals surface area contributed by atoms with Gasteiger partial charge in [-0.2, -0.15) is 0 Å². The van der Waals surface area contributed by atoms with E-state index in [-0.39, 0.29) is 17.1 Å². The number of epoxide rings is 1. The molecule has 2 aliphatic heterocycles. The zero-order valence-corrected chi connectivity index (χ0v) is 18.9. The van der Waals surface area contributed by atoms with Crippen molar-refractivity contribution in [2.45, 2.75) is 62.4 Å². The molecule has 0 bridgehead atoms. The molecule has 0 radical (unpaired) electrons. The maximum absolute atomic E-state index is 13.1. The minimum absolute atomic E-state index is 0.103. The number of fused-ring (bicyclic) bond motifs is 4. The van der Waals surface area contributed by atoms with Crippen molar-refractivity contribution in [3.63, 3.8) is 0 Å². The highest BCUT2D eigenvalue weighted by molar-refractivity contribution is 5.97. The third-order valence-electron chi connectivity index (χ3n) is 9.99. The predicted molar refractivity (Wildman–Crippen MR) is 117 cm³/mol. The number of benzene rings is 1. The molecule has 0 amide bonds. The van der Waals surface area contributed by atoms with Crippen molar-refractivity contribution in [1.29, 1.82) is 0 Å². The highest BCUT2D eigenvalue weighted by atomic mass is 16.7. The second-order valence-electron chi connectivity index (χ2n) is 11.2. The summed E-state index contributed by atoms with van der Waals surface area (Å²) in [5.74, 6) is 2.91. The van der Waals surface area contributed by atoms with Crippen LogP contribution in [-0.4, -0.2) is 43.6 Å². The Bertz CT molecular complexity index is 978. The van der Waals surface area contributed by atoms with E-state index in [0.29, 0.717) is 48.6 Å². The molecule has 5 nitrogen and oxygen atoms in total. The minimum atomic E-state index is -0.430. The summed E-state index contributed by atoms with van der Waals surface area (Å²) in [7, 11) is 1.71. The molecule has 1 aromatic carbocycles. The van der Waals surface area contributed by atoms with Gasteiger partial charge in [-0.25, -0.2) is 0 Å². The first-order chi connectivity index (χ1) is 15.5. The van der Waals surface area contributed by atoms with Crippen LogP contribution in [0.5, 0.6) is 5.75 Å². The van der Waals surface area contributed by atoms with Crippen molar-refractivity contribution < 1.29 is 23.7 Å². The third kappa shape index (κ3) is 2.48. The average Bonchev–Trinajstić information content (AvgIpc) is 3.13. The molecule has 0 unspecified atom stereocenters. The van der Waals surface area contributed by atoms with Gasteiger partial charge in [0.2, 0.25) is 0 Å². The maximum Gasteiger partial charge on any atom is 0.171 e. The summed E-state index contributed by atoms with van der Waals surface area (Å²) >= 11 is 0. The second kappa shape index (κ2) is 6.46. The molecule has 2 heterocycles. The Hall–Kier alpha value is -1.69. The molecule has 2 spiro atoms. The lowest BCUT2D eigenvalue weighted by Crippen LogP contribution is -2.57. The van der Waals surface area contributed by atoms with Crippen LogP contribution in [0.3, 0.4) is 0 Å². The Labute approximate surface area is 189 Å². The summed E-state index contributed by atoms with van der Waals surface area (Å²) in [6.07, 6.45) is 9.22. The van der Waals surface area contributed by atoms with Crippen molar-refractivity contribution in [1.82, 2.24) is 0 Å². The Kier molecular flexibility index (Phi) is 3.99. The van der Waals surface area contributed by atoms with Gasteiger partial charge < -0.3 is 18.9 Å². The molecular formula is C27H32O5. The van der Waals surface area contributed by atoms with E-state index in [1.165, 1.54) is 5.56 Å². The molecule has 5 fully saturated rings. The summed E-state index contributed by atoms with van der Waals surface area (Å²) in [6, 6.07) is 8.57. The van der Waals surface area contributed by atoms with Crippen molar-refractivity contribution in [2.75, 3.05) is 20.3 Å². The van der Waals surface area contributed by atoms with Crippen molar-refractivity contribution in [3.05, 3.63) is 42.0 Å². The number of hydrogen-bond donors (Lipinski definition) is 0. The van der Waals surface area contributed by atoms with E-state index >= 15 is 0 Å². The first-order valence-corrected chi connectivity index (χ1v) is 12.3. The van der Waals surface area contributed by atoms with Crippen LogP contribution >= 0.6 is 0 Å². The van der Waals surface area contributed by atoms with Crippen molar-refractivity contribution >= 4 is 5.78 Å². The Morgan fingerprint density at radius 3 is 2.66 bits per heavy atom. The van der Waals surface area contributed by atoms with Gasteiger partial charge in [0, 0.05) is 18.3 Å². The van der Waals surface area contributed by atoms with E-state index in [1.807, 2.05) is 6.08 Å². The lowest BCUT2D eigenvalue weighted by Gasteiger charge is -2.57. The zero-order valence-electron chi connectivity index (χ0n) is 18.9. The molecule has 6 aliphatic rings. The standard InChI is InChI=1S/C27H32O5/c1-25-14-19(16-3-5-17(29-2)6-4-16)24-18(20(25)7-8-22(25)28)13-23-27(32-23)15-26(10-9-21(24)27)30-11-12-31-26/h3-8,18-21,23-24H,9-15H2,1-2H3/t18-,19+,20+,21+,23-,24+,25-,27-/m0/s1. The number of methoxy groups -OCH3 is 1. The van der Waals surface area contributed by atoms with Crippen LogP contribution in [0.15, 0.2) is 36.4 Å². The van der Waals surface area contributed by atoms with E-state index in [9.17, 15) is 4.79 Å². The van der Waals surface area contributed by atoms with Crippen LogP contribution < -0.4 is 4.74 Å². The molecule has 32 heavy (non-hydrogen) atoms. The monoisotopic (exact) mass is 436 g/mol. The van der Waals surface area contributed by atoms with E-state index in [1.54, 1.807) is 7.11 Å². The van der Waals surface area contributed by atoms with Gasteiger partial charge >= 0.3 is 0 Å². The third-order valence-corrected chi connectivity index (χ3v) is 9.99. The zero-order chi connectivity index (χ0) is 21.7. The summed E-state index contributed by atoms with van der Waals surface area (Å²) in [5, 5.41) is 0. The van der Waals surface area contributed by atoms with Crippen molar-refractivity contribution in [3.8, 4) is 5.75 Å². The van der Waals surface area contributed by atoms with Gasteiger partial charge in [-0.3, -0.25) is 4.79 Å². The van der Waals surface area contributed by atoms with Gasteiger partial charge in [0.05, 0.1) is 26.4 Å². The molecular weight excluding hydrogens is 404 g/mol. The molecule has 7 rings (SSSR count). The van der Waals surface area contributed by atoms with Gasteiger partial charge in [-0.05, 0) is 72.6 Å². The van der Waals surface area contributed by atoms with Gasteiger partial charge in [0.1, 0.15) is 11.4 Å². The Morgan fingerprint density at radius 1 is 1.12 bits per heavy atom. The molecule has 0 N–H and O–H groups in total. The van der Waals surface area contributed by atoms with Crippen LogP contribution in [0.25, 0.3) is 0 Å². The lowest BCUT2D eigenvalue weighted by molar-refractivity contribution is -0.208. The SMILES string of the molecule is COc1ccc([C@H]2C[C@]3(C)C(=O)C=C[C@@H]3[C@@H]3C[C@@H]4O[C@]45CC4(CC[C@@H]5[C@H]32)OCCO4)cc1. The van der Waals surface area contributed by atoms with Crippen LogP contribution in [0.2, 0.25) is 0 Å². The molecule has 3 saturated carbocycles. The van der Waals surface area contributed by atoms with Gasteiger partial charge in [-0.1, -0.05) is 25.1 Å². The average molecular weight is 437 g/mol. The van der Waals surface area contributed by atoms with E-state index < -0.39 is 5.79 Å².